The van der Waals surface area contributed by atoms with E-state index in [2.05, 4.69) is 14.7 Å². The lowest BCUT2D eigenvalue weighted by Crippen LogP contribution is -2.27. The molecule has 0 amide bonds. The van der Waals surface area contributed by atoms with Crippen molar-refractivity contribution in [3.63, 3.8) is 0 Å². The molecule has 1 heterocycles. The number of nitrogens with one attached hydrogen (secondary N) is 2. The van der Waals surface area contributed by atoms with E-state index in [0.717, 1.165) is 25.1 Å². The zero-order valence-electron chi connectivity index (χ0n) is 9.57. The van der Waals surface area contributed by atoms with Gasteiger partial charge in [0, 0.05) is 25.4 Å². The summed E-state index contributed by atoms with van der Waals surface area (Å²) >= 11 is 0. The Morgan fingerprint density at radius 3 is 2.88 bits per heavy atom. The molecule has 0 aliphatic rings. The van der Waals surface area contributed by atoms with Crippen LogP contribution in [0.15, 0.2) is 12.4 Å². The molecule has 0 unspecified atom stereocenters. The first kappa shape index (κ1) is 13.2. The zero-order chi connectivity index (χ0) is 11.9. The van der Waals surface area contributed by atoms with E-state index in [4.69, 9.17) is 0 Å². The predicted octanol–water partition coefficient (Wildman–Crippen LogP) is 1.06. The average Bonchev–Trinajstić information content (AvgIpc) is 2.75. The number of H-pyrrole nitrogens is 1. The highest BCUT2D eigenvalue weighted by Gasteiger charge is 2.07. The van der Waals surface area contributed by atoms with Crippen LogP contribution in [-0.2, 0) is 16.4 Å². The second-order valence-corrected chi connectivity index (χ2v) is 5.63. The smallest absolute Gasteiger partial charge is 0.211 e. The summed E-state index contributed by atoms with van der Waals surface area (Å²) in [7, 11) is -3.07. The zero-order valence-corrected chi connectivity index (χ0v) is 10.4. The Hall–Kier alpha value is -0.880. The quantitative estimate of drug-likeness (QED) is 0.672. The standard InChI is InChI=1S/C10H19N3O2S/c1-2-3-9-16(14,15)13-6-4-5-10-11-7-8-12-10/h7-8,13H,2-6,9H2,1H3,(H,11,12). The van der Waals surface area contributed by atoms with Crippen molar-refractivity contribution in [1.82, 2.24) is 14.7 Å². The number of hydrogen-bond donors (Lipinski definition) is 2. The molecule has 0 saturated carbocycles. The summed E-state index contributed by atoms with van der Waals surface area (Å²) in [4.78, 5) is 7.05. The van der Waals surface area contributed by atoms with E-state index in [1.54, 1.807) is 12.4 Å². The van der Waals surface area contributed by atoms with Crippen LogP contribution in [-0.4, -0.2) is 30.7 Å². The molecule has 1 aromatic rings. The molecule has 0 bridgehead atoms. The summed E-state index contributed by atoms with van der Waals surface area (Å²) in [6.07, 6.45) is 6.60. The van der Waals surface area contributed by atoms with Crippen molar-refractivity contribution in [2.75, 3.05) is 12.3 Å². The van der Waals surface area contributed by atoms with Crippen molar-refractivity contribution in [3.8, 4) is 0 Å². The van der Waals surface area contributed by atoms with E-state index in [9.17, 15) is 8.42 Å². The molecule has 0 aliphatic heterocycles. The number of imidazole rings is 1. The van der Waals surface area contributed by atoms with Crippen LogP contribution in [0.4, 0.5) is 0 Å². The molecule has 0 spiro atoms. The van der Waals surface area contributed by atoms with E-state index in [-0.39, 0.29) is 5.75 Å². The summed E-state index contributed by atoms with van der Waals surface area (Å²) in [5.41, 5.74) is 0. The Morgan fingerprint density at radius 1 is 1.44 bits per heavy atom. The minimum atomic E-state index is -3.07. The Bertz CT molecular complexity index is 373. The first-order chi connectivity index (χ1) is 7.64. The first-order valence-electron chi connectivity index (χ1n) is 5.59. The van der Waals surface area contributed by atoms with Gasteiger partial charge in [0.2, 0.25) is 10.0 Å². The number of aryl methyl sites for hydroxylation is 1. The van der Waals surface area contributed by atoms with Crippen molar-refractivity contribution < 1.29 is 8.42 Å². The van der Waals surface area contributed by atoms with Crippen LogP contribution in [0.25, 0.3) is 0 Å². The molecule has 5 nitrogen and oxygen atoms in total. The van der Waals surface area contributed by atoms with Crippen LogP contribution in [0.1, 0.15) is 32.0 Å². The van der Waals surface area contributed by atoms with Gasteiger partial charge in [-0.05, 0) is 12.8 Å². The molecule has 0 fully saturated rings. The highest BCUT2D eigenvalue weighted by atomic mass is 32.2. The van der Waals surface area contributed by atoms with Crippen molar-refractivity contribution >= 4 is 10.0 Å². The average molecular weight is 245 g/mol. The molecule has 16 heavy (non-hydrogen) atoms. The molecular weight excluding hydrogens is 226 g/mol. The van der Waals surface area contributed by atoms with E-state index < -0.39 is 10.0 Å². The Kier molecular flexibility index (Phi) is 5.48. The van der Waals surface area contributed by atoms with Gasteiger partial charge in [0.15, 0.2) is 0 Å². The summed E-state index contributed by atoms with van der Waals surface area (Å²) in [5, 5.41) is 0. The Balaban J connectivity index is 2.15. The normalized spacial score (nSPS) is 11.8. The van der Waals surface area contributed by atoms with Crippen molar-refractivity contribution in [2.45, 2.75) is 32.6 Å². The molecule has 2 N–H and O–H groups in total. The SMILES string of the molecule is CCCCS(=O)(=O)NCCCc1ncc[nH]1. The van der Waals surface area contributed by atoms with Crippen LogP contribution >= 0.6 is 0 Å². The Labute approximate surface area is 96.7 Å². The van der Waals surface area contributed by atoms with Crippen molar-refractivity contribution in [3.05, 3.63) is 18.2 Å². The van der Waals surface area contributed by atoms with Crippen molar-refractivity contribution in [1.29, 1.82) is 0 Å². The molecule has 0 saturated heterocycles. The fourth-order valence-corrected chi connectivity index (χ4v) is 2.59. The summed E-state index contributed by atoms with van der Waals surface area (Å²) in [6, 6.07) is 0. The molecule has 0 aliphatic carbocycles. The third kappa shape index (κ3) is 5.27. The van der Waals surface area contributed by atoms with Crippen molar-refractivity contribution in [2.24, 2.45) is 0 Å². The van der Waals surface area contributed by atoms with Gasteiger partial charge in [0.25, 0.3) is 0 Å². The van der Waals surface area contributed by atoms with Gasteiger partial charge in [-0.1, -0.05) is 13.3 Å². The number of hydrogen-bond acceptors (Lipinski definition) is 3. The fraction of sp³-hybridized carbons (Fsp3) is 0.700. The van der Waals surface area contributed by atoms with Crippen LogP contribution < -0.4 is 4.72 Å². The molecule has 0 aromatic carbocycles. The second-order valence-electron chi connectivity index (χ2n) is 3.71. The van der Waals surface area contributed by atoms with E-state index >= 15 is 0 Å². The maximum Gasteiger partial charge on any atom is 0.211 e. The molecule has 92 valence electrons. The highest BCUT2D eigenvalue weighted by molar-refractivity contribution is 7.89. The number of unbranched alkanes of at least 4 members (excludes halogenated alkanes) is 1. The van der Waals surface area contributed by atoms with Gasteiger partial charge in [0.1, 0.15) is 5.82 Å². The van der Waals surface area contributed by atoms with E-state index in [0.29, 0.717) is 13.0 Å². The fourth-order valence-electron chi connectivity index (χ4n) is 1.32. The number of aromatic nitrogens is 2. The van der Waals surface area contributed by atoms with Crippen LogP contribution in [0.2, 0.25) is 0 Å². The molecular formula is C10H19N3O2S. The number of rotatable bonds is 8. The minimum absolute atomic E-state index is 0.226. The second kappa shape index (κ2) is 6.65. The molecule has 6 heteroatoms. The topological polar surface area (TPSA) is 74.8 Å². The summed E-state index contributed by atoms with van der Waals surface area (Å²) in [6.45, 7) is 2.46. The number of sulfonamides is 1. The first-order valence-corrected chi connectivity index (χ1v) is 7.25. The van der Waals surface area contributed by atoms with Gasteiger partial charge in [-0.25, -0.2) is 18.1 Å². The van der Waals surface area contributed by atoms with Crippen LogP contribution in [0, 0.1) is 0 Å². The lowest BCUT2D eigenvalue weighted by Gasteiger charge is -2.04. The summed E-state index contributed by atoms with van der Waals surface area (Å²) < 4.78 is 25.4. The van der Waals surface area contributed by atoms with E-state index in [1.165, 1.54) is 0 Å². The van der Waals surface area contributed by atoms with Gasteiger partial charge < -0.3 is 4.98 Å². The third-order valence-corrected chi connectivity index (χ3v) is 3.70. The lowest BCUT2D eigenvalue weighted by atomic mass is 10.3. The van der Waals surface area contributed by atoms with Crippen LogP contribution in [0.5, 0.6) is 0 Å². The largest absolute Gasteiger partial charge is 0.349 e. The molecule has 0 atom stereocenters. The molecule has 1 aromatic heterocycles. The predicted molar refractivity (Wildman–Crippen MR) is 63.6 cm³/mol. The molecule has 0 radical (unpaired) electrons. The third-order valence-electron chi connectivity index (χ3n) is 2.23. The van der Waals surface area contributed by atoms with Gasteiger partial charge in [-0.15, -0.1) is 0 Å². The maximum atomic E-state index is 11.4. The van der Waals surface area contributed by atoms with Gasteiger partial charge in [-0.2, -0.15) is 0 Å². The minimum Gasteiger partial charge on any atom is -0.349 e. The van der Waals surface area contributed by atoms with Crippen LogP contribution in [0.3, 0.4) is 0 Å². The number of nitrogens with zero attached hydrogens (tertiary/aromatic N) is 1. The number of aromatic amines is 1. The Morgan fingerprint density at radius 2 is 2.25 bits per heavy atom. The molecule has 1 rings (SSSR count). The highest BCUT2D eigenvalue weighted by Crippen LogP contribution is 1.96. The van der Waals surface area contributed by atoms with E-state index in [1.807, 2.05) is 6.92 Å². The summed E-state index contributed by atoms with van der Waals surface area (Å²) in [5.74, 6) is 1.12. The monoisotopic (exact) mass is 245 g/mol. The van der Waals surface area contributed by atoms with Gasteiger partial charge in [0.05, 0.1) is 5.75 Å². The maximum absolute atomic E-state index is 11.4. The van der Waals surface area contributed by atoms with Gasteiger partial charge in [-0.3, -0.25) is 0 Å². The van der Waals surface area contributed by atoms with Gasteiger partial charge >= 0.3 is 0 Å². The lowest BCUT2D eigenvalue weighted by molar-refractivity contribution is 0.575.